The summed E-state index contributed by atoms with van der Waals surface area (Å²) < 4.78 is 65.6. The number of nitrogens with one attached hydrogen (secondary N) is 2. The number of para-hydroxylation sites is 2. The van der Waals surface area contributed by atoms with Crippen LogP contribution >= 0.6 is 23.5 Å². The van der Waals surface area contributed by atoms with Crippen LogP contribution in [0.3, 0.4) is 0 Å². The Balaban J connectivity index is 0.000000161. The molecule has 6 heterocycles. The van der Waals surface area contributed by atoms with Gasteiger partial charge in [0, 0.05) is 75.0 Å². The number of aromatic nitrogens is 8. The number of fused-ring (bicyclic) bond motifs is 2. The highest BCUT2D eigenvalue weighted by Gasteiger charge is 2.22. The summed E-state index contributed by atoms with van der Waals surface area (Å²) in [7, 11) is -4.67. The molecule has 4 aromatic heterocycles. The third-order valence-electron chi connectivity index (χ3n) is 10.3. The van der Waals surface area contributed by atoms with Crippen molar-refractivity contribution in [2.45, 2.75) is 34.9 Å². The van der Waals surface area contributed by atoms with E-state index >= 15 is 0 Å². The van der Waals surface area contributed by atoms with Gasteiger partial charge in [0.1, 0.15) is 22.4 Å². The van der Waals surface area contributed by atoms with Gasteiger partial charge in [-0.05, 0) is 59.7 Å². The van der Waals surface area contributed by atoms with Crippen LogP contribution in [0.2, 0.25) is 0 Å². The van der Waals surface area contributed by atoms with Gasteiger partial charge in [-0.2, -0.15) is 18.6 Å². The Kier molecular flexibility index (Phi) is 14.3. The van der Waals surface area contributed by atoms with Crippen LogP contribution in [0.5, 0.6) is 0 Å². The number of hydrogen-bond acceptors (Lipinski definition) is 12. The molecule has 10 rings (SSSR count). The predicted octanol–water partition coefficient (Wildman–Crippen LogP) is 5.81. The Labute approximate surface area is 379 Å². The fraction of sp³-hybridized carbons (Fsp3) is 0.227. The molecule has 2 fully saturated rings. The van der Waals surface area contributed by atoms with Crippen molar-refractivity contribution in [3.05, 3.63) is 165 Å². The maximum Gasteiger partial charge on any atom is 0.394 e. The van der Waals surface area contributed by atoms with E-state index in [0.29, 0.717) is 55.7 Å². The largest absolute Gasteiger partial charge is 0.394 e. The molecule has 21 heteroatoms. The number of hydrogen-bond donors (Lipinski definition) is 4. The molecule has 16 nitrogen and oxygen atoms in total. The number of rotatable bonds is 12. The lowest BCUT2D eigenvalue weighted by Gasteiger charge is -2.26. The van der Waals surface area contributed by atoms with Gasteiger partial charge in [-0.25, -0.2) is 18.7 Å². The molecule has 336 valence electrons. The fourth-order valence-corrected chi connectivity index (χ4v) is 8.90. The first-order valence-electron chi connectivity index (χ1n) is 20.3. The van der Waals surface area contributed by atoms with E-state index in [2.05, 4.69) is 20.8 Å². The van der Waals surface area contributed by atoms with Gasteiger partial charge in [-0.15, -0.1) is 0 Å². The summed E-state index contributed by atoms with van der Waals surface area (Å²) >= 11 is 2.79. The van der Waals surface area contributed by atoms with E-state index in [9.17, 15) is 18.4 Å². The van der Waals surface area contributed by atoms with E-state index in [1.54, 1.807) is 33.7 Å². The van der Waals surface area contributed by atoms with Gasteiger partial charge >= 0.3 is 10.4 Å². The summed E-state index contributed by atoms with van der Waals surface area (Å²) in [5.74, 6) is 1.49. The SMILES string of the molecule is O=S(=O)(O)O.O=c1c2cn(CC3CNC3)nc2nc(SCc2cccc(F)c2)n1-c1ccccc1.O=c1c2cn(CC3CNC3)nc2nc(SCc2cccc(F)c2)n1-c1ccccc1. The van der Waals surface area contributed by atoms with Crippen molar-refractivity contribution in [3.8, 4) is 11.4 Å². The molecule has 4 N–H and O–H groups in total. The molecular formula is C44H42F2N10O6S3. The molecule has 2 saturated heterocycles. The lowest BCUT2D eigenvalue weighted by molar-refractivity contribution is 0.296. The highest BCUT2D eigenvalue weighted by atomic mass is 32.3. The highest BCUT2D eigenvalue weighted by molar-refractivity contribution is 7.98. The number of halogens is 2. The van der Waals surface area contributed by atoms with Gasteiger partial charge in [-0.3, -0.25) is 37.2 Å². The van der Waals surface area contributed by atoms with Crippen molar-refractivity contribution in [1.29, 1.82) is 0 Å². The average Bonchev–Trinajstić information content (AvgIpc) is 3.86. The molecule has 4 aromatic carbocycles. The van der Waals surface area contributed by atoms with Crippen molar-refractivity contribution in [3.63, 3.8) is 0 Å². The summed E-state index contributed by atoms with van der Waals surface area (Å²) in [6.07, 6.45) is 3.59. The van der Waals surface area contributed by atoms with Crippen LogP contribution in [-0.4, -0.2) is 82.4 Å². The Morgan fingerprint density at radius 2 is 0.985 bits per heavy atom. The van der Waals surface area contributed by atoms with Gasteiger partial charge < -0.3 is 10.6 Å². The summed E-state index contributed by atoms with van der Waals surface area (Å²) in [5.41, 5.74) is 3.75. The number of nitrogens with zero attached hydrogens (tertiary/aromatic N) is 8. The first kappa shape index (κ1) is 45.5. The van der Waals surface area contributed by atoms with E-state index in [1.807, 2.05) is 82.2 Å². The third-order valence-corrected chi connectivity index (χ3v) is 12.3. The Morgan fingerprint density at radius 3 is 1.32 bits per heavy atom. The minimum atomic E-state index is -4.67. The first-order valence-corrected chi connectivity index (χ1v) is 23.7. The monoisotopic (exact) mass is 940 g/mol. The van der Waals surface area contributed by atoms with E-state index in [4.69, 9.17) is 27.5 Å². The molecule has 0 unspecified atom stereocenters. The summed E-state index contributed by atoms with van der Waals surface area (Å²) in [4.78, 5) is 36.2. The molecule has 0 bridgehead atoms. The van der Waals surface area contributed by atoms with E-state index in [-0.39, 0.29) is 22.8 Å². The van der Waals surface area contributed by atoms with Crippen molar-refractivity contribution in [2.24, 2.45) is 11.8 Å². The maximum absolute atomic E-state index is 13.6. The maximum atomic E-state index is 13.6. The van der Waals surface area contributed by atoms with E-state index in [1.165, 1.54) is 47.8 Å². The normalized spacial score (nSPS) is 14.0. The predicted molar refractivity (Wildman–Crippen MR) is 245 cm³/mol. The van der Waals surface area contributed by atoms with Gasteiger partial charge in [0.05, 0.1) is 11.4 Å². The van der Waals surface area contributed by atoms with Crippen molar-refractivity contribution in [1.82, 2.24) is 49.3 Å². The summed E-state index contributed by atoms with van der Waals surface area (Å²) in [6.45, 7) is 5.39. The number of benzene rings is 4. The topological polar surface area (TPSA) is 204 Å². The van der Waals surface area contributed by atoms with Crippen molar-refractivity contribution >= 4 is 56.0 Å². The molecule has 2 aliphatic heterocycles. The van der Waals surface area contributed by atoms with Crippen LogP contribution in [0.25, 0.3) is 33.4 Å². The first-order chi connectivity index (χ1) is 31.3. The molecule has 0 spiro atoms. The third kappa shape index (κ3) is 11.8. The fourth-order valence-electron chi connectivity index (χ4n) is 7.01. The zero-order chi connectivity index (χ0) is 45.5. The lowest BCUT2D eigenvalue weighted by Crippen LogP contribution is -2.44. The van der Waals surface area contributed by atoms with Gasteiger partial charge in [0.15, 0.2) is 21.6 Å². The second-order valence-corrected chi connectivity index (χ2v) is 18.0. The molecule has 0 aliphatic carbocycles. The molecular weight excluding hydrogens is 899 g/mol. The van der Waals surface area contributed by atoms with Crippen LogP contribution in [0, 0.1) is 23.5 Å². The molecule has 0 atom stereocenters. The average molecular weight is 941 g/mol. The molecule has 0 amide bonds. The van der Waals surface area contributed by atoms with E-state index in [0.717, 1.165) is 61.8 Å². The van der Waals surface area contributed by atoms with Gasteiger partial charge in [-0.1, -0.05) is 84.2 Å². The zero-order valence-corrected chi connectivity index (χ0v) is 36.9. The van der Waals surface area contributed by atoms with E-state index < -0.39 is 10.4 Å². The van der Waals surface area contributed by atoms with Gasteiger partial charge in [0.25, 0.3) is 11.1 Å². The Morgan fingerprint density at radius 1 is 0.600 bits per heavy atom. The lowest BCUT2D eigenvalue weighted by atomic mass is 10.0. The summed E-state index contributed by atoms with van der Waals surface area (Å²) in [6, 6.07) is 31.8. The Hall–Kier alpha value is -6.07. The molecule has 8 aromatic rings. The minimum absolute atomic E-state index is 0.147. The van der Waals surface area contributed by atoms with Crippen LogP contribution in [-0.2, 0) is 35.0 Å². The zero-order valence-electron chi connectivity index (χ0n) is 34.4. The van der Waals surface area contributed by atoms with Crippen molar-refractivity contribution < 1.29 is 26.3 Å². The second-order valence-electron chi connectivity index (χ2n) is 15.3. The standard InChI is InChI=1S/2C22H20FN5OS.H2O4S/c2*23-17-6-4-5-15(9-17)14-30-22-25-20-19(13-27(26-20)12-16-10-24-11-16)21(29)28(22)18-7-2-1-3-8-18;1-5(2,3)4/h2*1-9,13,16,24H,10-12,14H2;(H2,1,2,3,4). The second kappa shape index (κ2) is 20.4. The Bertz CT molecular complexity index is 2960. The molecule has 0 saturated carbocycles. The summed E-state index contributed by atoms with van der Waals surface area (Å²) in [5, 5.41) is 17.7. The van der Waals surface area contributed by atoms with Crippen LogP contribution < -0.4 is 21.8 Å². The quantitative estimate of drug-likeness (QED) is 0.0649. The van der Waals surface area contributed by atoms with Crippen molar-refractivity contribution in [2.75, 3.05) is 26.2 Å². The van der Waals surface area contributed by atoms with Crippen LogP contribution in [0.15, 0.2) is 141 Å². The molecule has 65 heavy (non-hydrogen) atoms. The number of thioether (sulfide) groups is 2. The van der Waals surface area contributed by atoms with Gasteiger partial charge in [0.2, 0.25) is 0 Å². The smallest absolute Gasteiger partial charge is 0.316 e. The molecule has 2 aliphatic rings. The van der Waals surface area contributed by atoms with Crippen LogP contribution in [0.1, 0.15) is 11.1 Å². The molecule has 0 radical (unpaired) electrons. The minimum Gasteiger partial charge on any atom is -0.316 e. The van der Waals surface area contributed by atoms with Crippen LogP contribution in [0.4, 0.5) is 8.78 Å². The highest BCUT2D eigenvalue weighted by Crippen LogP contribution is 2.27.